The monoisotopic (exact) mass is 548 g/mol. The third-order valence-corrected chi connectivity index (χ3v) is 7.47. The average molecular weight is 549 g/mol. The van der Waals surface area contributed by atoms with Gasteiger partial charge in [0.15, 0.2) is 0 Å². The molecule has 2 amide bonds. The first-order valence-corrected chi connectivity index (χ1v) is 14.3. The maximum atomic E-state index is 13.4. The molecule has 0 saturated heterocycles. The second-order valence-electron chi connectivity index (χ2n) is 10.5. The molecule has 0 aliphatic carbocycles. The van der Waals surface area contributed by atoms with E-state index in [1.165, 1.54) is 0 Å². The van der Waals surface area contributed by atoms with Crippen molar-refractivity contribution in [2.24, 2.45) is 0 Å². The number of hydrogen-bond acceptors (Lipinski definition) is 3. The number of fused-ring (bicyclic) bond motifs is 2. The molecule has 0 unspecified atom stereocenters. The van der Waals surface area contributed by atoms with Crippen LogP contribution in [0.3, 0.4) is 0 Å². The molecule has 0 spiro atoms. The maximum Gasteiger partial charge on any atom is 0.268 e. The number of ketones is 1. The molecule has 0 aliphatic rings. The van der Waals surface area contributed by atoms with E-state index in [9.17, 15) is 14.4 Å². The Morgan fingerprint density at radius 2 is 1.54 bits per heavy atom. The van der Waals surface area contributed by atoms with Gasteiger partial charge in [-0.25, -0.2) is 0 Å². The molecule has 3 aromatic carbocycles. The lowest BCUT2D eigenvalue weighted by Crippen LogP contribution is -2.47. The summed E-state index contributed by atoms with van der Waals surface area (Å²) in [5.74, 6) is -0.353. The number of aromatic amines is 2. The molecular weight excluding hydrogens is 512 g/mol. The smallest absolute Gasteiger partial charge is 0.268 e. The van der Waals surface area contributed by atoms with Gasteiger partial charge in [0.1, 0.15) is 17.5 Å². The van der Waals surface area contributed by atoms with E-state index in [1.807, 2.05) is 54.6 Å². The predicted octanol–water partition coefficient (Wildman–Crippen LogP) is 6.31. The van der Waals surface area contributed by atoms with Crippen molar-refractivity contribution in [3.8, 4) is 11.3 Å². The van der Waals surface area contributed by atoms with Gasteiger partial charge in [-0.3, -0.25) is 9.59 Å². The van der Waals surface area contributed by atoms with Gasteiger partial charge in [0.05, 0.1) is 0 Å². The normalized spacial score (nSPS) is 11.9. The Kier molecular flexibility index (Phi) is 8.94. The molecule has 5 aromatic rings. The predicted molar refractivity (Wildman–Crippen MR) is 164 cm³/mol. The summed E-state index contributed by atoms with van der Waals surface area (Å²) < 4.78 is 0. The van der Waals surface area contributed by atoms with Crippen LogP contribution in [-0.2, 0) is 16.0 Å². The number of carbonyl (C=O) groups excluding carboxylic acids is 3. The van der Waals surface area contributed by atoms with E-state index in [1.54, 1.807) is 13.0 Å². The van der Waals surface area contributed by atoms with Gasteiger partial charge in [0.25, 0.3) is 5.91 Å². The summed E-state index contributed by atoms with van der Waals surface area (Å²) in [5.41, 5.74) is 5.65. The Morgan fingerprint density at radius 1 is 0.805 bits per heavy atom. The number of nitrogens with one attached hydrogen (secondary N) is 4. The number of hydrogen-bond donors (Lipinski definition) is 4. The number of amides is 2. The third-order valence-electron chi connectivity index (χ3n) is 7.47. The molecule has 1 atom stereocenters. The highest BCUT2D eigenvalue weighted by Crippen LogP contribution is 2.30. The average Bonchev–Trinajstić information content (AvgIpc) is 3.59. The van der Waals surface area contributed by atoms with Crippen LogP contribution in [0, 0.1) is 0 Å². The van der Waals surface area contributed by atoms with Gasteiger partial charge >= 0.3 is 0 Å². The zero-order valence-electron chi connectivity index (χ0n) is 23.3. The van der Waals surface area contributed by atoms with Crippen LogP contribution in [0.5, 0.6) is 0 Å². The highest BCUT2D eigenvalue weighted by molar-refractivity contribution is 6.00. The van der Waals surface area contributed by atoms with Gasteiger partial charge in [-0.05, 0) is 55.5 Å². The van der Waals surface area contributed by atoms with E-state index >= 15 is 0 Å². The number of H-pyrrole nitrogens is 2. The maximum absolute atomic E-state index is 13.4. The van der Waals surface area contributed by atoms with Crippen LogP contribution in [0.2, 0.25) is 0 Å². The van der Waals surface area contributed by atoms with Crippen molar-refractivity contribution in [3.05, 3.63) is 96.2 Å². The number of aromatic nitrogens is 2. The summed E-state index contributed by atoms with van der Waals surface area (Å²) in [7, 11) is 0. The zero-order chi connectivity index (χ0) is 28.6. The van der Waals surface area contributed by atoms with Gasteiger partial charge in [-0.2, -0.15) is 0 Å². The zero-order valence-corrected chi connectivity index (χ0v) is 23.3. The van der Waals surface area contributed by atoms with Crippen molar-refractivity contribution < 1.29 is 14.4 Å². The van der Waals surface area contributed by atoms with Gasteiger partial charge in [-0.1, -0.05) is 79.6 Å². The number of carbonyl (C=O) groups is 3. The molecule has 41 heavy (non-hydrogen) atoms. The Morgan fingerprint density at radius 3 is 2.32 bits per heavy atom. The Balaban J connectivity index is 1.27. The lowest BCUT2D eigenvalue weighted by Gasteiger charge is -2.18. The van der Waals surface area contributed by atoms with Crippen LogP contribution in [0.4, 0.5) is 0 Å². The summed E-state index contributed by atoms with van der Waals surface area (Å²) >= 11 is 0. The van der Waals surface area contributed by atoms with Crippen molar-refractivity contribution in [2.75, 3.05) is 6.54 Å². The minimum Gasteiger partial charge on any atom is -0.354 e. The third kappa shape index (κ3) is 6.92. The summed E-state index contributed by atoms with van der Waals surface area (Å²) in [4.78, 5) is 44.5. The van der Waals surface area contributed by atoms with Crippen molar-refractivity contribution >= 4 is 39.4 Å². The summed E-state index contributed by atoms with van der Waals surface area (Å²) in [6.07, 6.45) is 4.01. The fraction of sp³-hybridized carbons (Fsp3) is 0.265. The van der Waals surface area contributed by atoms with Gasteiger partial charge in [-0.15, -0.1) is 0 Å². The van der Waals surface area contributed by atoms with Crippen LogP contribution in [0.25, 0.3) is 33.1 Å². The molecule has 0 saturated carbocycles. The molecular formula is C34H36N4O3. The second-order valence-corrected chi connectivity index (χ2v) is 10.5. The molecule has 5 rings (SSSR count). The lowest BCUT2D eigenvalue weighted by molar-refractivity contribution is -0.123. The number of Topliss-reactive ketones (excluding diaryl/α,β-unsaturated/α-hetero) is 1. The van der Waals surface area contributed by atoms with Crippen LogP contribution in [0.15, 0.2) is 84.9 Å². The standard InChI is InChI=1S/C34H36N4O3/c1-23(39)12-4-2-7-19-30(38-34(41)31-22-25-15-8-10-17-28(25)36-31)33(40)35-21-20-27-26-16-9-11-18-29(26)37-32(27)24-13-5-3-6-14-24/h3,5-6,8-11,13-18,22,30,36-37H,2,4,7,12,19-21H2,1H3,(H,35,40)(H,38,41)/t30-/m0/s1. The second kappa shape index (κ2) is 13.1. The van der Waals surface area contributed by atoms with E-state index < -0.39 is 6.04 Å². The highest BCUT2D eigenvalue weighted by Gasteiger charge is 2.22. The fourth-order valence-electron chi connectivity index (χ4n) is 5.34. The molecule has 0 radical (unpaired) electrons. The number of unbranched alkanes of at least 4 members (excludes halogenated alkanes) is 2. The van der Waals surface area contributed by atoms with Gasteiger partial charge in [0.2, 0.25) is 5.91 Å². The van der Waals surface area contributed by atoms with Crippen molar-refractivity contribution in [1.82, 2.24) is 20.6 Å². The van der Waals surface area contributed by atoms with Gasteiger partial charge < -0.3 is 25.4 Å². The SMILES string of the molecule is CC(=O)CCCCC[C@H](NC(=O)c1cc2ccccc2[nH]1)C(=O)NCCc1c(-c2ccccc2)[nH]c2ccccc12. The van der Waals surface area contributed by atoms with E-state index in [0.29, 0.717) is 31.5 Å². The van der Waals surface area contributed by atoms with E-state index in [0.717, 1.165) is 57.9 Å². The van der Waals surface area contributed by atoms with Crippen molar-refractivity contribution in [2.45, 2.75) is 51.5 Å². The van der Waals surface area contributed by atoms with Crippen molar-refractivity contribution in [3.63, 3.8) is 0 Å². The quantitative estimate of drug-likeness (QED) is 0.130. The molecule has 2 aromatic heterocycles. The van der Waals surface area contributed by atoms with Crippen LogP contribution in [-0.4, -0.2) is 40.2 Å². The molecule has 210 valence electrons. The Bertz CT molecular complexity index is 1620. The summed E-state index contributed by atoms with van der Waals surface area (Å²) in [5, 5.41) is 8.10. The molecule has 0 aliphatic heterocycles. The van der Waals surface area contributed by atoms with E-state index in [4.69, 9.17) is 0 Å². The molecule has 7 heteroatoms. The molecule has 2 heterocycles. The number of benzene rings is 3. The Hall–Kier alpha value is -4.65. The first-order valence-electron chi connectivity index (χ1n) is 14.3. The van der Waals surface area contributed by atoms with Gasteiger partial charge in [0, 0.05) is 40.5 Å². The summed E-state index contributed by atoms with van der Waals surface area (Å²) in [6.45, 7) is 2.03. The molecule has 4 N–H and O–H groups in total. The van der Waals surface area contributed by atoms with Crippen LogP contribution < -0.4 is 10.6 Å². The minimum atomic E-state index is -0.678. The first-order chi connectivity index (χ1) is 20.0. The van der Waals surface area contributed by atoms with Crippen LogP contribution in [0.1, 0.15) is 55.1 Å². The fourth-order valence-corrected chi connectivity index (χ4v) is 5.34. The molecule has 0 bridgehead atoms. The summed E-state index contributed by atoms with van der Waals surface area (Å²) in [6, 6.07) is 27.2. The molecule has 0 fully saturated rings. The largest absolute Gasteiger partial charge is 0.354 e. The molecule has 7 nitrogen and oxygen atoms in total. The van der Waals surface area contributed by atoms with E-state index in [-0.39, 0.29) is 17.6 Å². The topological polar surface area (TPSA) is 107 Å². The lowest BCUT2D eigenvalue weighted by atomic mass is 10.0. The number of rotatable bonds is 13. The Labute approximate surface area is 239 Å². The minimum absolute atomic E-state index is 0.165. The van der Waals surface area contributed by atoms with E-state index in [2.05, 4.69) is 44.9 Å². The van der Waals surface area contributed by atoms with Crippen LogP contribution >= 0.6 is 0 Å². The number of para-hydroxylation sites is 2. The highest BCUT2D eigenvalue weighted by atomic mass is 16.2. The first kappa shape index (κ1) is 27.9. The van der Waals surface area contributed by atoms with Crippen molar-refractivity contribution in [1.29, 1.82) is 0 Å².